The van der Waals surface area contributed by atoms with Crippen LogP contribution in [0.1, 0.15) is 5.69 Å². The molecule has 0 amide bonds. The van der Waals surface area contributed by atoms with Crippen molar-refractivity contribution >= 4 is 11.6 Å². The lowest BCUT2D eigenvalue weighted by Gasteiger charge is -2.09. The monoisotopic (exact) mass is 252 g/mol. The smallest absolute Gasteiger partial charge is 0.150 e. The molecule has 1 heterocycles. The Morgan fingerprint density at radius 1 is 1.35 bits per heavy atom. The highest BCUT2D eigenvalue weighted by molar-refractivity contribution is 6.30. The summed E-state index contributed by atoms with van der Waals surface area (Å²) in [5.41, 5.74) is 6.13. The predicted octanol–water partition coefficient (Wildman–Crippen LogP) is 3.13. The summed E-state index contributed by atoms with van der Waals surface area (Å²) < 4.78 is 18.7. The number of rotatable bonds is 3. The third-order valence-corrected chi connectivity index (χ3v) is 2.47. The van der Waals surface area contributed by atoms with Crippen LogP contribution in [0.5, 0.6) is 11.5 Å². The number of nitrogens with zero attached hydrogens (tertiary/aromatic N) is 1. The first kappa shape index (κ1) is 11.8. The molecule has 0 spiro atoms. The fourth-order valence-electron chi connectivity index (χ4n) is 1.34. The van der Waals surface area contributed by atoms with E-state index >= 15 is 0 Å². The van der Waals surface area contributed by atoms with Crippen molar-refractivity contribution in [3.05, 3.63) is 53.1 Å². The predicted molar refractivity (Wildman–Crippen MR) is 63.6 cm³/mol. The molecule has 2 rings (SSSR count). The van der Waals surface area contributed by atoms with E-state index in [9.17, 15) is 4.39 Å². The molecule has 0 aliphatic carbocycles. The summed E-state index contributed by atoms with van der Waals surface area (Å²) in [6.07, 6.45) is 1.62. The third-order valence-electron chi connectivity index (χ3n) is 2.16. The molecule has 0 fully saturated rings. The molecule has 0 saturated carbocycles. The van der Waals surface area contributed by atoms with E-state index in [1.54, 1.807) is 24.4 Å². The van der Waals surface area contributed by atoms with E-state index < -0.39 is 5.82 Å². The Morgan fingerprint density at radius 3 is 2.88 bits per heavy atom. The lowest BCUT2D eigenvalue weighted by molar-refractivity contribution is 0.467. The molecule has 0 aliphatic heterocycles. The normalized spacial score (nSPS) is 10.3. The quantitative estimate of drug-likeness (QED) is 0.913. The molecule has 0 aliphatic rings. The molecular weight excluding hydrogens is 243 g/mol. The SMILES string of the molecule is NCc1ncccc1Oc1ccc(Cl)c(F)c1. The Hall–Kier alpha value is -1.65. The van der Waals surface area contributed by atoms with Gasteiger partial charge in [-0.3, -0.25) is 4.98 Å². The molecule has 0 atom stereocenters. The highest BCUT2D eigenvalue weighted by atomic mass is 35.5. The molecular formula is C12H10ClFN2O. The van der Waals surface area contributed by atoms with Gasteiger partial charge >= 0.3 is 0 Å². The molecule has 17 heavy (non-hydrogen) atoms. The standard InChI is InChI=1S/C12H10ClFN2O/c13-9-4-3-8(6-10(9)14)17-12-2-1-5-16-11(12)7-15/h1-6H,7,15H2. The highest BCUT2D eigenvalue weighted by Crippen LogP contribution is 2.26. The Kier molecular flexibility index (Phi) is 3.56. The largest absolute Gasteiger partial charge is 0.455 e. The van der Waals surface area contributed by atoms with E-state index in [0.717, 1.165) is 0 Å². The summed E-state index contributed by atoms with van der Waals surface area (Å²) in [4.78, 5) is 4.06. The minimum Gasteiger partial charge on any atom is -0.455 e. The lowest BCUT2D eigenvalue weighted by Crippen LogP contribution is -2.01. The van der Waals surface area contributed by atoms with Crippen molar-refractivity contribution < 1.29 is 9.13 Å². The maximum atomic E-state index is 13.2. The van der Waals surface area contributed by atoms with Crippen molar-refractivity contribution in [3.8, 4) is 11.5 Å². The van der Waals surface area contributed by atoms with Crippen LogP contribution in [0.4, 0.5) is 4.39 Å². The van der Waals surface area contributed by atoms with Crippen molar-refractivity contribution in [1.29, 1.82) is 0 Å². The van der Waals surface area contributed by atoms with Crippen LogP contribution in [0.3, 0.4) is 0 Å². The highest BCUT2D eigenvalue weighted by Gasteiger charge is 2.06. The van der Waals surface area contributed by atoms with Crippen LogP contribution in [0.25, 0.3) is 0 Å². The minimum atomic E-state index is -0.526. The van der Waals surface area contributed by atoms with E-state index in [0.29, 0.717) is 17.2 Å². The molecule has 2 N–H and O–H groups in total. The molecule has 0 bridgehead atoms. The lowest BCUT2D eigenvalue weighted by atomic mass is 10.3. The van der Waals surface area contributed by atoms with Crippen molar-refractivity contribution in [3.63, 3.8) is 0 Å². The van der Waals surface area contributed by atoms with Gasteiger partial charge in [-0.05, 0) is 24.3 Å². The molecule has 0 radical (unpaired) electrons. The van der Waals surface area contributed by atoms with Crippen molar-refractivity contribution in [2.45, 2.75) is 6.54 Å². The summed E-state index contributed by atoms with van der Waals surface area (Å²) in [7, 11) is 0. The molecule has 0 unspecified atom stereocenters. The van der Waals surface area contributed by atoms with Crippen molar-refractivity contribution in [2.75, 3.05) is 0 Å². The molecule has 1 aromatic heterocycles. The average Bonchev–Trinajstić information content (AvgIpc) is 2.34. The third kappa shape index (κ3) is 2.72. The van der Waals surface area contributed by atoms with Gasteiger partial charge in [0.1, 0.15) is 17.3 Å². The summed E-state index contributed by atoms with van der Waals surface area (Å²) in [5, 5.41) is 0.0579. The Balaban J connectivity index is 2.28. The maximum absolute atomic E-state index is 13.2. The fraction of sp³-hybridized carbons (Fsp3) is 0.0833. The number of benzene rings is 1. The summed E-state index contributed by atoms with van der Waals surface area (Å²) in [6.45, 7) is 0.256. The van der Waals surface area contributed by atoms with E-state index in [1.807, 2.05) is 0 Å². The zero-order valence-electron chi connectivity index (χ0n) is 8.86. The van der Waals surface area contributed by atoms with Crippen molar-refractivity contribution in [2.24, 2.45) is 5.73 Å². The van der Waals surface area contributed by atoms with Gasteiger partial charge in [0.15, 0.2) is 0 Å². The van der Waals surface area contributed by atoms with Crippen molar-refractivity contribution in [1.82, 2.24) is 4.98 Å². The van der Waals surface area contributed by atoms with Gasteiger partial charge in [-0.15, -0.1) is 0 Å². The van der Waals surface area contributed by atoms with Gasteiger partial charge < -0.3 is 10.5 Å². The van der Waals surface area contributed by atoms with Gasteiger partial charge in [0.25, 0.3) is 0 Å². The van der Waals surface area contributed by atoms with E-state index in [-0.39, 0.29) is 11.6 Å². The van der Waals surface area contributed by atoms with E-state index in [4.69, 9.17) is 22.1 Å². The molecule has 1 aromatic carbocycles. The van der Waals surface area contributed by atoms with E-state index in [2.05, 4.69) is 4.98 Å². The summed E-state index contributed by atoms with van der Waals surface area (Å²) in [6, 6.07) is 7.68. The fourth-order valence-corrected chi connectivity index (χ4v) is 1.45. The maximum Gasteiger partial charge on any atom is 0.150 e. The van der Waals surface area contributed by atoms with E-state index in [1.165, 1.54) is 12.1 Å². The van der Waals surface area contributed by atoms with Gasteiger partial charge in [-0.25, -0.2) is 4.39 Å². The van der Waals surface area contributed by atoms with Gasteiger partial charge in [-0.1, -0.05) is 11.6 Å². The number of ether oxygens (including phenoxy) is 1. The second-order valence-electron chi connectivity index (χ2n) is 3.33. The molecule has 5 heteroatoms. The van der Waals surface area contributed by atoms with Gasteiger partial charge in [-0.2, -0.15) is 0 Å². The Labute approximate surface area is 103 Å². The number of aromatic nitrogens is 1. The summed E-state index contributed by atoms with van der Waals surface area (Å²) >= 11 is 5.58. The second kappa shape index (κ2) is 5.12. The number of hydrogen-bond acceptors (Lipinski definition) is 3. The number of hydrogen-bond donors (Lipinski definition) is 1. The first-order valence-corrected chi connectivity index (χ1v) is 5.35. The zero-order valence-corrected chi connectivity index (χ0v) is 9.62. The molecule has 3 nitrogen and oxygen atoms in total. The number of nitrogens with two attached hydrogens (primary N) is 1. The van der Waals surface area contributed by atoms with Crippen LogP contribution in [-0.4, -0.2) is 4.98 Å². The van der Waals surface area contributed by atoms with Gasteiger partial charge in [0.2, 0.25) is 0 Å². The molecule has 88 valence electrons. The number of pyridine rings is 1. The molecule has 2 aromatic rings. The number of halogens is 2. The Bertz CT molecular complexity index is 534. The Morgan fingerprint density at radius 2 is 2.18 bits per heavy atom. The van der Waals surface area contributed by atoms with Crippen LogP contribution >= 0.6 is 11.6 Å². The topological polar surface area (TPSA) is 48.1 Å². The average molecular weight is 253 g/mol. The van der Waals surface area contributed by atoms with Crippen LogP contribution in [-0.2, 0) is 6.54 Å². The second-order valence-corrected chi connectivity index (χ2v) is 3.74. The first-order chi connectivity index (χ1) is 8.20. The van der Waals surface area contributed by atoms with Crippen LogP contribution < -0.4 is 10.5 Å². The minimum absolute atomic E-state index is 0.0579. The van der Waals surface area contributed by atoms with Gasteiger partial charge in [0.05, 0.1) is 10.7 Å². The van der Waals surface area contributed by atoms with Gasteiger partial charge in [0, 0.05) is 18.8 Å². The zero-order chi connectivity index (χ0) is 12.3. The van der Waals surface area contributed by atoms with Crippen LogP contribution in [0, 0.1) is 5.82 Å². The first-order valence-electron chi connectivity index (χ1n) is 4.97. The molecule has 0 saturated heterocycles. The summed E-state index contributed by atoms with van der Waals surface area (Å²) in [5.74, 6) is 0.341. The van der Waals surface area contributed by atoms with Crippen LogP contribution in [0.2, 0.25) is 5.02 Å². The van der Waals surface area contributed by atoms with Crippen LogP contribution in [0.15, 0.2) is 36.5 Å².